The number of hydrogen-bond acceptors (Lipinski definition) is 2. The second-order valence-electron chi connectivity index (χ2n) is 6.11. The first-order valence-corrected chi connectivity index (χ1v) is 7.22. The molecule has 4 nitrogen and oxygen atoms in total. The molecule has 0 radical (unpaired) electrons. The summed E-state index contributed by atoms with van der Waals surface area (Å²) in [4.78, 5) is 12.2. The minimum absolute atomic E-state index is 0.251. The van der Waals surface area contributed by atoms with Gasteiger partial charge in [-0.25, -0.2) is 0 Å². The van der Waals surface area contributed by atoms with Crippen LogP contribution >= 0.6 is 0 Å². The molecule has 1 amide bonds. The molecule has 1 saturated heterocycles. The van der Waals surface area contributed by atoms with Gasteiger partial charge in [0.1, 0.15) is 0 Å². The van der Waals surface area contributed by atoms with Crippen molar-refractivity contribution in [3.05, 3.63) is 23.5 Å². The monoisotopic (exact) mass is 261 g/mol. The van der Waals surface area contributed by atoms with E-state index in [1.165, 1.54) is 11.4 Å². The van der Waals surface area contributed by atoms with Gasteiger partial charge in [-0.15, -0.1) is 0 Å². The molecule has 1 saturated carbocycles. The SMILES string of the molecule is Cc1ccc(CNC(=O)C2CC23CCNCC3)n1C. The van der Waals surface area contributed by atoms with Crippen LogP contribution in [0.25, 0.3) is 0 Å². The van der Waals surface area contributed by atoms with Gasteiger partial charge in [0.15, 0.2) is 0 Å². The molecule has 0 bridgehead atoms. The van der Waals surface area contributed by atoms with E-state index in [0.717, 1.165) is 32.4 Å². The topological polar surface area (TPSA) is 46.1 Å². The molecule has 2 N–H and O–H groups in total. The molecule has 1 atom stereocenters. The lowest BCUT2D eigenvalue weighted by atomic mass is 9.92. The van der Waals surface area contributed by atoms with Crippen molar-refractivity contribution in [3.63, 3.8) is 0 Å². The Morgan fingerprint density at radius 1 is 1.47 bits per heavy atom. The number of amides is 1. The fraction of sp³-hybridized carbons (Fsp3) is 0.667. The van der Waals surface area contributed by atoms with Crippen molar-refractivity contribution in [2.45, 2.75) is 32.7 Å². The fourth-order valence-corrected chi connectivity index (χ4v) is 3.34. The van der Waals surface area contributed by atoms with Gasteiger partial charge in [-0.2, -0.15) is 0 Å². The molecular weight excluding hydrogens is 238 g/mol. The third kappa shape index (κ3) is 2.29. The Kier molecular flexibility index (Phi) is 3.13. The molecule has 2 aliphatic rings. The molecule has 2 fully saturated rings. The number of aryl methyl sites for hydroxylation is 1. The zero-order valence-corrected chi connectivity index (χ0v) is 11.8. The van der Waals surface area contributed by atoms with Gasteiger partial charge in [0.05, 0.1) is 6.54 Å². The van der Waals surface area contributed by atoms with Crippen LogP contribution in [0.2, 0.25) is 0 Å². The Hall–Kier alpha value is -1.29. The maximum atomic E-state index is 12.2. The second kappa shape index (κ2) is 4.67. The Morgan fingerprint density at radius 2 is 2.21 bits per heavy atom. The van der Waals surface area contributed by atoms with Gasteiger partial charge in [0.25, 0.3) is 0 Å². The van der Waals surface area contributed by atoms with Crippen molar-refractivity contribution < 1.29 is 4.79 Å². The molecule has 2 heterocycles. The summed E-state index contributed by atoms with van der Waals surface area (Å²) < 4.78 is 2.13. The summed E-state index contributed by atoms with van der Waals surface area (Å²) in [5.41, 5.74) is 2.73. The smallest absolute Gasteiger partial charge is 0.224 e. The highest BCUT2D eigenvalue weighted by molar-refractivity contribution is 5.82. The Morgan fingerprint density at radius 3 is 2.84 bits per heavy atom. The fourth-order valence-electron chi connectivity index (χ4n) is 3.34. The maximum Gasteiger partial charge on any atom is 0.224 e. The molecule has 1 spiro atoms. The van der Waals surface area contributed by atoms with Crippen LogP contribution in [-0.4, -0.2) is 23.6 Å². The lowest BCUT2D eigenvalue weighted by Crippen LogP contribution is -2.33. The van der Waals surface area contributed by atoms with Crippen LogP contribution in [0.15, 0.2) is 12.1 Å². The molecule has 0 aromatic carbocycles. The van der Waals surface area contributed by atoms with Gasteiger partial charge in [-0.1, -0.05) is 0 Å². The zero-order valence-electron chi connectivity index (χ0n) is 11.8. The van der Waals surface area contributed by atoms with Gasteiger partial charge in [0, 0.05) is 24.4 Å². The highest BCUT2D eigenvalue weighted by atomic mass is 16.2. The molecule has 3 rings (SSSR count). The first-order chi connectivity index (χ1) is 9.12. The van der Waals surface area contributed by atoms with Gasteiger partial charge in [-0.3, -0.25) is 4.79 Å². The van der Waals surface area contributed by atoms with Crippen molar-refractivity contribution in [1.82, 2.24) is 15.2 Å². The van der Waals surface area contributed by atoms with Gasteiger partial charge in [-0.05, 0) is 56.8 Å². The number of rotatable bonds is 3. The third-order valence-corrected chi connectivity index (χ3v) is 5.03. The minimum Gasteiger partial charge on any atom is -0.350 e. The van der Waals surface area contributed by atoms with Crippen molar-refractivity contribution >= 4 is 5.91 Å². The molecule has 104 valence electrons. The Labute approximate surface area is 114 Å². The number of carbonyl (C=O) groups excluding carboxylic acids is 1. The van der Waals surface area contributed by atoms with Crippen molar-refractivity contribution in [2.24, 2.45) is 18.4 Å². The molecule has 4 heteroatoms. The molecule has 1 aromatic rings. The predicted molar refractivity (Wildman–Crippen MR) is 74.6 cm³/mol. The molecular formula is C15H23N3O. The average molecular weight is 261 g/mol. The Balaban J connectivity index is 1.54. The second-order valence-corrected chi connectivity index (χ2v) is 6.11. The summed E-state index contributed by atoms with van der Waals surface area (Å²) in [6, 6.07) is 4.18. The number of nitrogens with zero attached hydrogens (tertiary/aromatic N) is 1. The van der Waals surface area contributed by atoms with E-state index in [4.69, 9.17) is 0 Å². The summed E-state index contributed by atoms with van der Waals surface area (Å²) in [5.74, 6) is 0.511. The zero-order chi connectivity index (χ0) is 13.5. The number of hydrogen-bond donors (Lipinski definition) is 2. The number of carbonyl (C=O) groups is 1. The van der Waals surface area contributed by atoms with Crippen LogP contribution in [0.3, 0.4) is 0 Å². The predicted octanol–water partition coefficient (Wildman–Crippen LogP) is 1.34. The van der Waals surface area contributed by atoms with Crippen molar-refractivity contribution in [1.29, 1.82) is 0 Å². The summed E-state index contributed by atoms with van der Waals surface area (Å²) in [7, 11) is 2.04. The number of aromatic nitrogens is 1. The summed E-state index contributed by atoms with van der Waals surface area (Å²) in [5, 5.41) is 6.48. The minimum atomic E-state index is 0.251. The third-order valence-electron chi connectivity index (χ3n) is 5.03. The van der Waals surface area contributed by atoms with Crippen LogP contribution in [0, 0.1) is 18.3 Å². The lowest BCUT2D eigenvalue weighted by molar-refractivity contribution is -0.123. The standard InChI is InChI=1S/C15H23N3O/c1-11-3-4-12(18(11)2)10-17-14(19)13-9-15(13)5-7-16-8-6-15/h3-4,13,16H,5-10H2,1-2H3,(H,17,19). The van der Waals surface area contributed by atoms with Crippen LogP contribution in [0.5, 0.6) is 0 Å². The van der Waals surface area contributed by atoms with Gasteiger partial charge >= 0.3 is 0 Å². The summed E-state index contributed by atoms with van der Waals surface area (Å²) >= 11 is 0. The van der Waals surface area contributed by atoms with E-state index in [1.54, 1.807) is 0 Å². The number of nitrogens with one attached hydrogen (secondary N) is 2. The largest absolute Gasteiger partial charge is 0.350 e. The van der Waals surface area contributed by atoms with Gasteiger partial charge in [0.2, 0.25) is 5.91 Å². The van der Waals surface area contributed by atoms with Gasteiger partial charge < -0.3 is 15.2 Å². The van der Waals surface area contributed by atoms with Crippen LogP contribution in [-0.2, 0) is 18.4 Å². The van der Waals surface area contributed by atoms with E-state index >= 15 is 0 Å². The van der Waals surface area contributed by atoms with Crippen molar-refractivity contribution in [2.75, 3.05) is 13.1 Å². The summed E-state index contributed by atoms with van der Waals surface area (Å²) in [6.45, 7) is 4.87. The van der Waals surface area contributed by atoms with Crippen molar-refractivity contribution in [3.8, 4) is 0 Å². The number of piperidine rings is 1. The molecule has 1 aromatic heterocycles. The summed E-state index contributed by atoms with van der Waals surface area (Å²) in [6.07, 6.45) is 3.41. The van der Waals surface area contributed by atoms with E-state index < -0.39 is 0 Å². The molecule has 1 aliphatic carbocycles. The normalized spacial score (nSPS) is 24.4. The first kappa shape index (κ1) is 12.7. The quantitative estimate of drug-likeness (QED) is 0.862. The van der Waals surface area contributed by atoms with Crippen LogP contribution in [0.1, 0.15) is 30.7 Å². The first-order valence-electron chi connectivity index (χ1n) is 7.22. The molecule has 19 heavy (non-hydrogen) atoms. The highest BCUT2D eigenvalue weighted by Gasteiger charge is 2.57. The van der Waals surface area contributed by atoms with Crippen LogP contribution < -0.4 is 10.6 Å². The van der Waals surface area contributed by atoms with E-state index in [0.29, 0.717) is 12.0 Å². The maximum absolute atomic E-state index is 12.2. The molecule has 1 unspecified atom stereocenters. The average Bonchev–Trinajstić information content (AvgIpc) is 3.01. The van der Waals surface area contributed by atoms with E-state index in [9.17, 15) is 4.79 Å². The van der Waals surface area contributed by atoms with E-state index in [2.05, 4.69) is 34.3 Å². The van der Waals surface area contributed by atoms with E-state index in [1.807, 2.05) is 7.05 Å². The lowest BCUT2D eigenvalue weighted by Gasteiger charge is -2.23. The highest BCUT2D eigenvalue weighted by Crippen LogP contribution is 2.58. The molecule has 1 aliphatic heterocycles. The van der Waals surface area contributed by atoms with E-state index in [-0.39, 0.29) is 11.8 Å². The van der Waals surface area contributed by atoms with Crippen LogP contribution in [0.4, 0.5) is 0 Å². The Bertz CT molecular complexity index is 486.